The molecule has 0 atom stereocenters. The lowest BCUT2D eigenvalue weighted by Crippen LogP contribution is -2.28. The molecule has 0 radical (unpaired) electrons. The van der Waals surface area contributed by atoms with Gasteiger partial charge in [0.05, 0.1) is 18.7 Å². The van der Waals surface area contributed by atoms with Crippen molar-refractivity contribution in [3.63, 3.8) is 0 Å². The smallest absolute Gasteiger partial charge is 0.247 e. The minimum absolute atomic E-state index is 0.0750. The summed E-state index contributed by atoms with van der Waals surface area (Å²) in [4.78, 5) is 14.7. The Morgan fingerprint density at radius 3 is 2.14 bits per heavy atom. The SMILES string of the molecule is COc1ccc(CN(Cc2ccccc2)C(=O)/C=C/c2ccc(C#N)cc2)cc1. The van der Waals surface area contributed by atoms with Crippen LogP contribution in [0.15, 0.2) is 84.9 Å². The van der Waals surface area contributed by atoms with Crippen molar-refractivity contribution in [2.45, 2.75) is 13.1 Å². The van der Waals surface area contributed by atoms with E-state index >= 15 is 0 Å². The van der Waals surface area contributed by atoms with Crippen molar-refractivity contribution in [3.8, 4) is 11.8 Å². The minimum atomic E-state index is -0.0750. The standard InChI is InChI=1S/C25H22N2O2/c1-29-24-14-11-23(12-15-24)19-27(18-22-5-3-2-4-6-22)25(28)16-13-20-7-9-21(17-26)10-8-20/h2-16H,18-19H2,1H3/b16-13+. The fourth-order valence-corrected chi connectivity index (χ4v) is 2.91. The molecule has 0 saturated heterocycles. The van der Waals surface area contributed by atoms with Crippen LogP contribution in [0.25, 0.3) is 6.08 Å². The van der Waals surface area contributed by atoms with Crippen LogP contribution >= 0.6 is 0 Å². The van der Waals surface area contributed by atoms with Crippen molar-refractivity contribution in [2.24, 2.45) is 0 Å². The van der Waals surface area contributed by atoms with Gasteiger partial charge in [0.1, 0.15) is 5.75 Å². The maximum absolute atomic E-state index is 12.9. The van der Waals surface area contributed by atoms with E-state index in [-0.39, 0.29) is 5.91 Å². The second-order valence-electron chi connectivity index (χ2n) is 6.60. The van der Waals surface area contributed by atoms with Gasteiger partial charge in [0.25, 0.3) is 0 Å². The van der Waals surface area contributed by atoms with Gasteiger partial charge in [-0.3, -0.25) is 4.79 Å². The number of carbonyl (C=O) groups excluding carboxylic acids is 1. The summed E-state index contributed by atoms with van der Waals surface area (Å²) in [5.74, 6) is 0.712. The molecule has 0 saturated carbocycles. The van der Waals surface area contributed by atoms with E-state index in [1.165, 1.54) is 0 Å². The molecule has 0 aliphatic heterocycles. The highest BCUT2D eigenvalue weighted by atomic mass is 16.5. The highest BCUT2D eigenvalue weighted by molar-refractivity contribution is 5.91. The average molecular weight is 382 g/mol. The molecule has 0 spiro atoms. The Morgan fingerprint density at radius 1 is 0.931 bits per heavy atom. The van der Waals surface area contributed by atoms with E-state index in [1.807, 2.05) is 66.7 Å². The number of amides is 1. The van der Waals surface area contributed by atoms with Crippen LogP contribution in [-0.2, 0) is 17.9 Å². The van der Waals surface area contributed by atoms with E-state index in [9.17, 15) is 4.79 Å². The van der Waals surface area contributed by atoms with E-state index in [4.69, 9.17) is 10.00 Å². The molecule has 3 aromatic carbocycles. The molecular formula is C25H22N2O2. The summed E-state index contributed by atoms with van der Waals surface area (Å²) in [5.41, 5.74) is 3.57. The van der Waals surface area contributed by atoms with Gasteiger partial charge in [-0.15, -0.1) is 0 Å². The normalized spacial score (nSPS) is 10.5. The maximum atomic E-state index is 12.9. The maximum Gasteiger partial charge on any atom is 0.247 e. The molecule has 3 rings (SSSR count). The van der Waals surface area contributed by atoms with Crippen LogP contribution in [0, 0.1) is 11.3 Å². The molecule has 0 aliphatic carbocycles. The van der Waals surface area contributed by atoms with Gasteiger partial charge < -0.3 is 9.64 Å². The van der Waals surface area contributed by atoms with E-state index in [1.54, 1.807) is 36.3 Å². The van der Waals surface area contributed by atoms with Gasteiger partial charge in [0, 0.05) is 19.2 Å². The van der Waals surface area contributed by atoms with E-state index in [0.29, 0.717) is 18.7 Å². The van der Waals surface area contributed by atoms with Gasteiger partial charge in [-0.05, 0) is 47.0 Å². The molecule has 4 heteroatoms. The molecular weight excluding hydrogens is 360 g/mol. The predicted molar refractivity (Wildman–Crippen MR) is 114 cm³/mol. The first-order valence-corrected chi connectivity index (χ1v) is 9.32. The molecule has 0 heterocycles. The van der Waals surface area contributed by atoms with E-state index in [2.05, 4.69) is 6.07 Å². The fraction of sp³-hybridized carbons (Fsp3) is 0.120. The first-order valence-electron chi connectivity index (χ1n) is 9.32. The monoisotopic (exact) mass is 382 g/mol. The number of rotatable bonds is 7. The number of methoxy groups -OCH3 is 1. The molecule has 144 valence electrons. The average Bonchev–Trinajstić information content (AvgIpc) is 2.78. The second-order valence-corrected chi connectivity index (χ2v) is 6.60. The lowest BCUT2D eigenvalue weighted by Gasteiger charge is -2.22. The van der Waals surface area contributed by atoms with Crippen LogP contribution in [0.1, 0.15) is 22.3 Å². The molecule has 0 aliphatic rings. The molecule has 0 N–H and O–H groups in total. The molecule has 3 aromatic rings. The third-order valence-electron chi connectivity index (χ3n) is 4.52. The number of benzene rings is 3. The first-order chi connectivity index (χ1) is 14.2. The zero-order valence-electron chi connectivity index (χ0n) is 16.3. The lowest BCUT2D eigenvalue weighted by molar-refractivity contribution is -0.127. The molecule has 0 aromatic heterocycles. The van der Waals surface area contributed by atoms with Gasteiger partial charge in [0.15, 0.2) is 0 Å². The second kappa shape index (κ2) is 9.91. The molecule has 29 heavy (non-hydrogen) atoms. The van der Waals surface area contributed by atoms with Crippen LogP contribution in [0.2, 0.25) is 0 Å². The number of nitriles is 1. The van der Waals surface area contributed by atoms with Crippen LogP contribution in [0.4, 0.5) is 0 Å². The number of hydrogen-bond donors (Lipinski definition) is 0. The molecule has 4 nitrogen and oxygen atoms in total. The summed E-state index contributed by atoms with van der Waals surface area (Å²) in [6.07, 6.45) is 3.35. The topological polar surface area (TPSA) is 53.3 Å². The van der Waals surface area contributed by atoms with Crippen molar-refractivity contribution in [1.29, 1.82) is 5.26 Å². The fourth-order valence-electron chi connectivity index (χ4n) is 2.91. The van der Waals surface area contributed by atoms with Crippen molar-refractivity contribution < 1.29 is 9.53 Å². The highest BCUT2D eigenvalue weighted by Gasteiger charge is 2.12. The summed E-state index contributed by atoms with van der Waals surface area (Å²) in [6, 6.07) is 26.9. The molecule has 0 unspecified atom stereocenters. The van der Waals surface area contributed by atoms with Crippen molar-refractivity contribution in [1.82, 2.24) is 4.90 Å². The number of ether oxygens (including phenoxy) is 1. The highest BCUT2D eigenvalue weighted by Crippen LogP contribution is 2.16. The zero-order valence-corrected chi connectivity index (χ0v) is 16.3. The quantitative estimate of drug-likeness (QED) is 0.551. The van der Waals surface area contributed by atoms with Gasteiger partial charge in [-0.1, -0.05) is 54.6 Å². The Hall–Kier alpha value is -3.84. The minimum Gasteiger partial charge on any atom is -0.497 e. The molecule has 1 amide bonds. The van der Waals surface area contributed by atoms with Crippen LogP contribution < -0.4 is 4.74 Å². The van der Waals surface area contributed by atoms with Crippen LogP contribution in [0.5, 0.6) is 5.75 Å². The van der Waals surface area contributed by atoms with Gasteiger partial charge in [0.2, 0.25) is 5.91 Å². The third kappa shape index (κ3) is 5.82. The Morgan fingerprint density at radius 2 is 1.55 bits per heavy atom. The number of nitrogens with zero attached hydrogens (tertiary/aromatic N) is 2. The lowest BCUT2D eigenvalue weighted by atomic mass is 10.1. The Kier molecular flexibility index (Phi) is 6.80. The van der Waals surface area contributed by atoms with Crippen molar-refractivity contribution in [2.75, 3.05) is 7.11 Å². The van der Waals surface area contributed by atoms with Gasteiger partial charge in [-0.25, -0.2) is 0 Å². The predicted octanol–water partition coefficient (Wildman–Crippen LogP) is 4.81. The third-order valence-corrected chi connectivity index (χ3v) is 4.52. The van der Waals surface area contributed by atoms with Gasteiger partial charge in [-0.2, -0.15) is 5.26 Å². The summed E-state index contributed by atoms with van der Waals surface area (Å²) in [7, 11) is 1.63. The molecule has 0 bridgehead atoms. The summed E-state index contributed by atoms with van der Waals surface area (Å²) < 4.78 is 5.21. The van der Waals surface area contributed by atoms with E-state index < -0.39 is 0 Å². The van der Waals surface area contributed by atoms with Gasteiger partial charge >= 0.3 is 0 Å². The largest absolute Gasteiger partial charge is 0.497 e. The van der Waals surface area contributed by atoms with Crippen molar-refractivity contribution in [3.05, 3.63) is 107 Å². The van der Waals surface area contributed by atoms with Crippen molar-refractivity contribution >= 4 is 12.0 Å². The molecule has 0 fully saturated rings. The Labute approximate surface area is 171 Å². The number of hydrogen-bond acceptors (Lipinski definition) is 3. The summed E-state index contributed by atoms with van der Waals surface area (Å²) in [5, 5.41) is 8.90. The zero-order chi connectivity index (χ0) is 20.5. The Bertz CT molecular complexity index is 1000. The summed E-state index contributed by atoms with van der Waals surface area (Å²) >= 11 is 0. The van der Waals surface area contributed by atoms with E-state index in [0.717, 1.165) is 22.4 Å². The van der Waals surface area contributed by atoms with Crippen LogP contribution in [-0.4, -0.2) is 17.9 Å². The summed E-state index contributed by atoms with van der Waals surface area (Å²) in [6.45, 7) is 1.01. The van der Waals surface area contributed by atoms with Crippen LogP contribution in [0.3, 0.4) is 0 Å². The Balaban J connectivity index is 1.77. The first kappa shape index (κ1) is 19.9. The number of carbonyl (C=O) groups is 1.